The minimum absolute atomic E-state index is 0.0989. The van der Waals surface area contributed by atoms with Crippen LogP contribution < -0.4 is 4.74 Å². The van der Waals surface area contributed by atoms with Crippen LogP contribution in [0.25, 0.3) is 0 Å². The van der Waals surface area contributed by atoms with Crippen LogP contribution in [-0.2, 0) is 18.2 Å². The molecule has 1 fully saturated rings. The third kappa shape index (κ3) is 3.87. The van der Waals surface area contributed by atoms with E-state index >= 15 is 0 Å². The van der Waals surface area contributed by atoms with Gasteiger partial charge < -0.3 is 18.9 Å². The van der Waals surface area contributed by atoms with Gasteiger partial charge in [-0.25, -0.2) is 0 Å². The number of hydrogen-bond acceptors (Lipinski definition) is 3. The summed E-state index contributed by atoms with van der Waals surface area (Å²) in [6.07, 6.45) is 3.84. The Hall–Kier alpha value is -2.27. The first-order chi connectivity index (χ1) is 12.1. The van der Waals surface area contributed by atoms with Crippen LogP contribution in [0.5, 0.6) is 5.75 Å². The van der Waals surface area contributed by atoms with Crippen molar-refractivity contribution >= 4 is 5.91 Å². The molecule has 0 radical (unpaired) electrons. The van der Waals surface area contributed by atoms with Crippen LogP contribution in [0.2, 0.25) is 0 Å². The molecular formula is C20H26N2O3. The van der Waals surface area contributed by atoms with Gasteiger partial charge in [0.1, 0.15) is 11.4 Å². The third-order valence-electron chi connectivity index (χ3n) is 5.07. The second kappa shape index (κ2) is 7.74. The molecule has 1 amide bonds. The molecule has 0 spiro atoms. The molecule has 2 heterocycles. The van der Waals surface area contributed by atoms with Crippen LogP contribution in [0, 0.1) is 5.92 Å². The van der Waals surface area contributed by atoms with Crippen molar-refractivity contribution in [2.45, 2.75) is 18.9 Å². The van der Waals surface area contributed by atoms with E-state index in [1.54, 1.807) is 14.2 Å². The Bertz CT molecular complexity index is 708. The van der Waals surface area contributed by atoms with Crippen LogP contribution in [0.4, 0.5) is 0 Å². The van der Waals surface area contributed by atoms with E-state index in [2.05, 4.69) is 12.1 Å². The Morgan fingerprint density at radius 1 is 1.20 bits per heavy atom. The van der Waals surface area contributed by atoms with Gasteiger partial charge in [-0.05, 0) is 42.7 Å². The molecule has 0 bridgehead atoms. The first-order valence-electron chi connectivity index (χ1n) is 8.68. The van der Waals surface area contributed by atoms with Gasteiger partial charge in [0.15, 0.2) is 0 Å². The fraction of sp³-hybridized carbons (Fsp3) is 0.450. The van der Waals surface area contributed by atoms with Gasteiger partial charge in [0, 0.05) is 39.4 Å². The number of aryl methyl sites for hydroxylation is 1. The van der Waals surface area contributed by atoms with Gasteiger partial charge in [-0.15, -0.1) is 0 Å². The van der Waals surface area contributed by atoms with Crippen molar-refractivity contribution in [3.8, 4) is 5.75 Å². The lowest BCUT2D eigenvalue weighted by Crippen LogP contribution is -2.47. The minimum atomic E-state index is 0.0989. The highest BCUT2D eigenvalue weighted by atomic mass is 16.5. The number of hydrogen-bond donors (Lipinski definition) is 0. The SMILES string of the molecule is COc1ccc(C[C@@H]2CN(C(=O)c3cccn3C)CC[C@H]2OC)cc1. The van der Waals surface area contributed by atoms with E-state index in [-0.39, 0.29) is 17.9 Å². The molecule has 25 heavy (non-hydrogen) atoms. The number of carbonyl (C=O) groups excluding carboxylic acids is 1. The Morgan fingerprint density at radius 3 is 2.56 bits per heavy atom. The fourth-order valence-electron chi connectivity index (χ4n) is 3.61. The van der Waals surface area contributed by atoms with Gasteiger partial charge in [0.05, 0.1) is 13.2 Å². The summed E-state index contributed by atoms with van der Waals surface area (Å²) >= 11 is 0. The number of nitrogens with zero attached hydrogens (tertiary/aromatic N) is 2. The summed E-state index contributed by atoms with van der Waals surface area (Å²) in [5.74, 6) is 1.24. The van der Waals surface area contributed by atoms with Crippen LogP contribution in [0.15, 0.2) is 42.6 Å². The van der Waals surface area contributed by atoms with Crippen LogP contribution in [0.1, 0.15) is 22.5 Å². The smallest absolute Gasteiger partial charge is 0.270 e. The van der Waals surface area contributed by atoms with Gasteiger partial charge in [0.2, 0.25) is 0 Å². The van der Waals surface area contributed by atoms with Gasteiger partial charge in [-0.2, -0.15) is 0 Å². The molecule has 1 saturated heterocycles. The number of ether oxygens (including phenoxy) is 2. The Labute approximate surface area is 149 Å². The summed E-state index contributed by atoms with van der Waals surface area (Å²) < 4.78 is 12.8. The van der Waals surface area contributed by atoms with Gasteiger partial charge >= 0.3 is 0 Å². The molecule has 0 unspecified atom stereocenters. The molecule has 5 nitrogen and oxygen atoms in total. The molecule has 1 aliphatic heterocycles. The molecule has 5 heteroatoms. The Kier molecular flexibility index (Phi) is 5.43. The molecule has 1 aromatic heterocycles. The summed E-state index contributed by atoms with van der Waals surface area (Å²) in [6.45, 7) is 1.45. The van der Waals surface area contributed by atoms with E-state index in [0.29, 0.717) is 6.54 Å². The molecular weight excluding hydrogens is 316 g/mol. The zero-order valence-corrected chi connectivity index (χ0v) is 15.1. The number of amides is 1. The van der Waals surface area contributed by atoms with Crippen LogP contribution in [-0.4, -0.2) is 48.8 Å². The molecule has 0 aliphatic carbocycles. The Morgan fingerprint density at radius 2 is 1.96 bits per heavy atom. The number of aromatic nitrogens is 1. The number of methoxy groups -OCH3 is 2. The van der Waals surface area contributed by atoms with Crippen LogP contribution >= 0.6 is 0 Å². The predicted octanol–water partition coefficient (Wildman–Crippen LogP) is 2.75. The molecule has 0 N–H and O–H groups in total. The topological polar surface area (TPSA) is 43.7 Å². The van der Waals surface area contributed by atoms with E-state index in [1.807, 2.05) is 47.0 Å². The molecule has 1 aromatic carbocycles. The van der Waals surface area contributed by atoms with Crippen molar-refractivity contribution in [2.24, 2.45) is 13.0 Å². The van der Waals surface area contributed by atoms with E-state index in [4.69, 9.17) is 9.47 Å². The predicted molar refractivity (Wildman–Crippen MR) is 96.9 cm³/mol. The van der Waals surface area contributed by atoms with E-state index in [1.165, 1.54) is 5.56 Å². The summed E-state index contributed by atoms with van der Waals surface area (Å²) in [5.41, 5.74) is 1.97. The average molecular weight is 342 g/mol. The third-order valence-corrected chi connectivity index (χ3v) is 5.07. The monoisotopic (exact) mass is 342 g/mol. The van der Waals surface area contributed by atoms with Crippen LogP contribution in [0.3, 0.4) is 0 Å². The van der Waals surface area contributed by atoms with Gasteiger partial charge in [0.25, 0.3) is 5.91 Å². The maximum Gasteiger partial charge on any atom is 0.270 e. The zero-order valence-electron chi connectivity index (χ0n) is 15.1. The van der Waals surface area contributed by atoms with E-state index < -0.39 is 0 Å². The highest BCUT2D eigenvalue weighted by Gasteiger charge is 2.32. The maximum absolute atomic E-state index is 12.8. The van der Waals surface area contributed by atoms with Crippen molar-refractivity contribution in [1.82, 2.24) is 9.47 Å². The highest BCUT2D eigenvalue weighted by molar-refractivity contribution is 5.92. The summed E-state index contributed by atoms with van der Waals surface area (Å²) in [5, 5.41) is 0. The number of likely N-dealkylation sites (tertiary alicyclic amines) is 1. The lowest BCUT2D eigenvalue weighted by Gasteiger charge is -2.38. The molecule has 1 aliphatic rings. The van der Waals surface area contributed by atoms with Gasteiger partial charge in [-0.3, -0.25) is 4.79 Å². The molecule has 0 saturated carbocycles. The Balaban J connectivity index is 1.71. The molecule has 134 valence electrons. The van der Waals surface area contributed by atoms with Crippen molar-refractivity contribution in [3.05, 3.63) is 53.9 Å². The summed E-state index contributed by atoms with van der Waals surface area (Å²) in [6, 6.07) is 11.9. The maximum atomic E-state index is 12.8. The summed E-state index contributed by atoms with van der Waals surface area (Å²) in [4.78, 5) is 14.8. The number of benzene rings is 1. The van der Waals surface area contributed by atoms with E-state index in [0.717, 1.165) is 30.8 Å². The van der Waals surface area contributed by atoms with Crippen molar-refractivity contribution < 1.29 is 14.3 Å². The summed E-state index contributed by atoms with van der Waals surface area (Å²) in [7, 11) is 5.34. The van der Waals surface area contributed by atoms with Crippen molar-refractivity contribution in [3.63, 3.8) is 0 Å². The average Bonchev–Trinajstić information content (AvgIpc) is 3.07. The molecule has 3 rings (SSSR count). The van der Waals surface area contributed by atoms with Gasteiger partial charge in [-0.1, -0.05) is 12.1 Å². The number of rotatable bonds is 5. The second-order valence-corrected chi connectivity index (χ2v) is 6.63. The second-order valence-electron chi connectivity index (χ2n) is 6.63. The quantitative estimate of drug-likeness (QED) is 0.839. The number of carbonyl (C=O) groups is 1. The minimum Gasteiger partial charge on any atom is -0.497 e. The number of piperidine rings is 1. The fourth-order valence-corrected chi connectivity index (χ4v) is 3.61. The van der Waals surface area contributed by atoms with Crippen molar-refractivity contribution in [1.29, 1.82) is 0 Å². The first kappa shape index (κ1) is 17.5. The first-order valence-corrected chi connectivity index (χ1v) is 8.68. The zero-order chi connectivity index (χ0) is 17.8. The lowest BCUT2D eigenvalue weighted by molar-refractivity contribution is -0.00327. The van der Waals surface area contributed by atoms with E-state index in [9.17, 15) is 4.79 Å². The standard InChI is InChI=1S/C20H26N2O3/c1-21-11-4-5-18(21)20(23)22-12-10-19(25-3)16(14-22)13-15-6-8-17(24-2)9-7-15/h4-9,11,16,19H,10,12-14H2,1-3H3/t16-,19-/m1/s1. The lowest BCUT2D eigenvalue weighted by atomic mass is 9.88. The molecule has 2 aromatic rings. The highest BCUT2D eigenvalue weighted by Crippen LogP contribution is 2.25. The van der Waals surface area contributed by atoms with Crippen molar-refractivity contribution in [2.75, 3.05) is 27.3 Å². The largest absolute Gasteiger partial charge is 0.497 e. The molecule has 2 atom stereocenters. The normalized spacial score (nSPS) is 20.5.